The maximum atomic E-state index is 12.7. The van der Waals surface area contributed by atoms with E-state index in [0.717, 1.165) is 12.1 Å². The lowest BCUT2D eigenvalue weighted by atomic mass is 9.95. The maximum absolute atomic E-state index is 12.7. The van der Waals surface area contributed by atoms with E-state index in [1.54, 1.807) is 25.1 Å². The van der Waals surface area contributed by atoms with Crippen LogP contribution < -0.4 is 4.74 Å². The molecule has 5 heteroatoms. The third-order valence-electron chi connectivity index (χ3n) is 3.23. The monoisotopic (exact) mass is 294 g/mol. The highest BCUT2D eigenvalue weighted by molar-refractivity contribution is 5.89. The number of ether oxygens (including phenoxy) is 1. The summed E-state index contributed by atoms with van der Waals surface area (Å²) in [5, 5.41) is 0. The zero-order valence-electron chi connectivity index (χ0n) is 11.5. The molecule has 2 aromatic rings. The topological polar surface area (TPSA) is 26.3 Å². The van der Waals surface area contributed by atoms with Gasteiger partial charge in [-0.3, -0.25) is 4.79 Å². The molecule has 0 saturated heterocycles. The maximum Gasteiger partial charge on any atom is 0.416 e. The molecule has 0 aliphatic heterocycles. The molecule has 0 unspecified atom stereocenters. The Hall–Kier alpha value is -2.30. The van der Waals surface area contributed by atoms with Crippen LogP contribution in [0.5, 0.6) is 5.75 Å². The Morgan fingerprint density at radius 2 is 1.71 bits per heavy atom. The third kappa shape index (κ3) is 3.07. The third-order valence-corrected chi connectivity index (χ3v) is 3.23. The summed E-state index contributed by atoms with van der Waals surface area (Å²) in [6.07, 6.45) is -3.72. The van der Waals surface area contributed by atoms with Gasteiger partial charge < -0.3 is 4.74 Å². The lowest BCUT2D eigenvalue weighted by Crippen LogP contribution is -2.05. The minimum Gasteiger partial charge on any atom is -0.497 e. The van der Waals surface area contributed by atoms with E-state index in [1.165, 1.54) is 13.2 Å². The number of carbonyl (C=O) groups excluding carboxylic acids is 1. The van der Waals surface area contributed by atoms with Crippen LogP contribution in [0, 0.1) is 6.92 Å². The summed E-state index contributed by atoms with van der Waals surface area (Å²) in [4.78, 5) is 11.2. The number of hydrogen-bond acceptors (Lipinski definition) is 2. The van der Waals surface area contributed by atoms with Crippen molar-refractivity contribution in [2.75, 3.05) is 7.11 Å². The molecular weight excluding hydrogens is 281 g/mol. The van der Waals surface area contributed by atoms with Crippen LogP contribution in [-0.2, 0) is 6.18 Å². The number of benzene rings is 2. The fourth-order valence-corrected chi connectivity index (χ4v) is 2.15. The van der Waals surface area contributed by atoms with Crippen molar-refractivity contribution in [1.82, 2.24) is 0 Å². The summed E-state index contributed by atoms with van der Waals surface area (Å²) in [7, 11) is 1.48. The molecule has 0 atom stereocenters. The summed E-state index contributed by atoms with van der Waals surface area (Å²) in [6.45, 7) is 1.59. The van der Waals surface area contributed by atoms with Crippen molar-refractivity contribution >= 4 is 6.29 Å². The molecule has 0 aliphatic rings. The first-order valence-corrected chi connectivity index (χ1v) is 6.18. The Morgan fingerprint density at radius 3 is 2.24 bits per heavy atom. The second-order valence-electron chi connectivity index (χ2n) is 4.60. The molecule has 110 valence electrons. The van der Waals surface area contributed by atoms with Gasteiger partial charge in [0.05, 0.1) is 12.7 Å². The molecule has 2 nitrogen and oxygen atoms in total. The van der Waals surface area contributed by atoms with E-state index in [-0.39, 0.29) is 0 Å². The molecule has 0 saturated carbocycles. The summed E-state index contributed by atoms with van der Waals surface area (Å²) in [5.74, 6) is 0.519. The van der Waals surface area contributed by atoms with Gasteiger partial charge in [-0.1, -0.05) is 6.07 Å². The normalized spacial score (nSPS) is 11.3. The van der Waals surface area contributed by atoms with Crippen molar-refractivity contribution in [1.29, 1.82) is 0 Å². The van der Waals surface area contributed by atoms with Crippen molar-refractivity contribution in [3.8, 4) is 16.9 Å². The molecular formula is C16H13F3O2. The van der Waals surface area contributed by atoms with Crippen LogP contribution in [-0.4, -0.2) is 13.4 Å². The highest BCUT2D eigenvalue weighted by atomic mass is 19.4. The van der Waals surface area contributed by atoms with Gasteiger partial charge in [0.2, 0.25) is 0 Å². The van der Waals surface area contributed by atoms with Gasteiger partial charge in [-0.2, -0.15) is 13.2 Å². The van der Waals surface area contributed by atoms with Crippen LogP contribution in [0.15, 0.2) is 36.4 Å². The quantitative estimate of drug-likeness (QED) is 0.779. The molecule has 0 fully saturated rings. The van der Waals surface area contributed by atoms with E-state index in [4.69, 9.17) is 4.74 Å². The average Bonchev–Trinajstić information content (AvgIpc) is 2.45. The van der Waals surface area contributed by atoms with E-state index >= 15 is 0 Å². The minimum atomic E-state index is -4.38. The van der Waals surface area contributed by atoms with Crippen molar-refractivity contribution in [3.05, 3.63) is 53.1 Å². The van der Waals surface area contributed by atoms with Gasteiger partial charge in [-0.25, -0.2) is 0 Å². The largest absolute Gasteiger partial charge is 0.497 e. The molecule has 0 N–H and O–H groups in total. The first-order chi connectivity index (χ1) is 9.86. The highest BCUT2D eigenvalue weighted by Gasteiger charge is 2.30. The number of hydrogen-bond donors (Lipinski definition) is 0. The van der Waals surface area contributed by atoms with E-state index in [1.807, 2.05) is 0 Å². The highest BCUT2D eigenvalue weighted by Crippen LogP contribution is 2.34. The number of aldehydes is 1. The Kier molecular flexibility index (Phi) is 4.02. The van der Waals surface area contributed by atoms with Crippen molar-refractivity contribution < 1.29 is 22.7 Å². The van der Waals surface area contributed by atoms with Gasteiger partial charge in [-0.05, 0) is 53.9 Å². The lowest BCUT2D eigenvalue weighted by molar-refractivity contribution is -0.137. The average molecular weight is 294 g/mol. The number of carbonyl (C=O) groups is 1. The van der Waals surface area contributed by atoms with Crippen LogP contribution in [0.4, 0.5) is 13.2 Å². The standard InChI is InChI=1S/C16H13F3O2/c1-10-7-12(16(17,18)19)3-5-14(10)15-6-4-13(21-2)8-11(15)9-20/h3-9H,1-2H3. The molecule has 0 amide bonds. The predicted octanol–water partition coefficient (Wildman–Crippen LogP) is 4.50. The molecule has 21 heavy (non-hydrogen) atoms. The molecule has 2 aromatic carbocycles. The van der Waals surface area contributed by atoms with Gasteiger partial charge in [-0.15, -0.1) is 0 Å². The first kappa shape index (κ1) is 15.1. The van der Waals surface area contributed by atoms with Gasteiger partial charge in [0.25, 0.3) is 0 Å². The van der Waals surface area contributed by atoms with Gasteiger partial charge in [0.15, 0.2) is 6.29 Å². The zero-order chi connectivity index (χ0) is 15.6. The molecule has 2 rings (SSSR count). The Balaban J connectivity index is 2.55. The number of halogens is 3. The fourth-order valence-electron chi connectivity index (χ4n) is 2.15. The van der Waals surface area contributed by atoms with Crippen molar-refractivity contribution in [3.63, 3.8) is 0 Å². The molecule has 0 radical (unpaired) electrons. The number of methoxy groups -OCH3 is 1. The minimum absolute atomic E-state index is 0.372. The summed E-state index contributed by atoms with van der Waals surface area (Å²) in [6, 6.07) is 8.36. The van der Waals surface area contributed by atoms with E-state index < -0.39 is 11.7 Å². The van der Waals surface area contributed by atoms with Crippen LogP contribution in [0.1, 0.15) is 21.5 Å². The van der Waals surface area contributed by atoms with E-state index in [9.17, 15) is 18.0 Å². The lowest BCUT2D eigenvalue weighted by Gasteiger charge is -2.13. The number of aryl methyl sites for hydroxylation is 1. The second-order valence-corrected chi connectivity index (χ2v) is 4.60. The van der Waals surface area contributed by atoms with Gasteiger partial charge in [0, 0.05) is 5.56 Å². The first-order valence-electron chi connectivity index (χ1n) is 6.18. The van der Waals surface area contributed by atoms with Gasteiger partial charge >= 0.3 is 6.18 Å². The summed E-state index contributed by atoms with van der Waals surface area (Å²) in [5.41, 5.74) is 1.30. The van der Waals surface area contributed by atoms with Crippen molar-refractivity contribution in [2.24, 2.45) is 0 Å². The van der Waals surface area contributed by atoms with Crippen LogP contribution in [0.2, 0.25) is 0 Å². The fraction of sp³-hybridized carbons (Fsp3) is 0.188. The molecule has 0 aliphatic carbocycles. The molecule has 0 aromatic heterocycles. The summed E-state index contributed by atoms with van der Waals surface area (Å²) < 4.78 is 43.1. The van der Waals surface area contributed by atoms with E-state index in [0.29, 0.717) is 34.3 Å². The van der Waals surface area contributed by atoms with Crippen LogP contribution in [0.25, 0.3) is 11.1 Å². The summed E-state index contributed by atoms with van der Waals surface area (Å²) >= 11 is 0. The smallest absolute Gasteiger partial charge is 0.416 e. The van der Waals surface area contributed by atoms with E-state index in [2.05, 4.69) is 0 Å². The zero-order valence-corrected chi connectivity index (χ0v) is 11.5. The number of alkyl halides is 3. The Bertz CT molecular complexity index is 676. The Morgan fingerprint density at radius 1 is 1.05 bits per heavy atom. The second kappa shape index (κ2) is 5.60. The van der Waals surface area contributed by atoms with Crippen LogP contribution >= 0.6 is 0 Å². The molecule has 0 heterocycles. The molecule has 0 spiro atoms. The molecule has 0 bridgehead atoms. The Labute approximate surface area is 120 Å². The SMILES string of the molecule is COc1ccc(-c2ccc(C(F)(F)F)cc2C)c(C=O)c1. The van der Waals surface area contributed by atoms with Crippen molar-refractivity contribution in [2.45, 2.75) is 13.1 Å². The predicted molar refractivity (Wildman–Crippen MR) is 73.6 cm³/mol. The number of rotatable bonds is 3. The van der Waals surface area contributed by atoms with Crippen LogP contribution in [0.3, 0.4) is 0 Å². The van der Waals surface area contributed by atoms with Gasteiger partial charge in [0.1, 0.15) is 5.75 Å².